The highest BCUT2D eigenvalue weighted by atomic mass is 31.2. The van der Waals surface area contributed by atoms with Gasteiger partial charge in [-0.2, -0.15) is 0 Å². The maximum absolute atomic E-state index is 11.1. The molecule has 0 aromatic carbocycles. The molecule has 1 aromatic heterocycles. The monoisotopic (exact) mass is 323 g/mol. The summed E-state index contributed by atoms with van der Waals surface area (Å²) in [4.78, 5) is 34.5. The van der Waals surface area contributed by atoms with Crippen molar-refractivity contribution in [3.05, 3.63) is 22.7 Å². The first-order valence-corrected chi connectivity index (χ1v) is 7.54. The van der Waals surface area contributed by atoms with E-state index in [1.54, 1.807) is 0 Å². The van der Waals surface area contributed by atoms with Crippen LogP contribution in [0.3, 0.4) is 0 Å². The maximum atomic E-state index is 11.1. The fourth-order valence-corrected chi connectivity index (χ4v) is 2.08. The standard InChI is InChI=1S/C9H14N3O8P/c13-5-3-19-9(7(5)14,20-4-21(16,17)18)12-6-1-2-10-8(15)11-6/h1-2,5,7,13-14H,3-4H2,(H2,16,17,18)(H2,10,11,12,15)/t5-,7-,9?/m1/s1. The van der Waals surface area contributed by atoms with Crippen LogP contribution >= 0.6 is 7.60 Å². The number of hydrogen-bond acceptors (Lipinski definition) is 8. The topological polar surface area (TPSA) is 174 Å². The number of aromatic nitrogens is 2. The number of hydrogen-bond donors (Lipinski definition) is 6. The molecule has 2 rings (SSSR count). The van der Waals surface area contributed by atoms with Gasteiger partial charge in [-0.3, -0.25) is 9.55 Å². The fraction of sp³-hybridized carbons (Fsp3) is 0.556. The zero-order valence-electron chi connectivity index (χ0n) is 10.5. The van der Waals surface area contributed by atoms with Crippen LogP contribution in [0.4, 0.5) is 5.82 Å². The Kier molecular flexibility index (Phi) is 4.44. The summed E-state index contributed by atoms with van der Waals surface area (Å²) in [6, 6.07) is 1.31. The van der Waals surface area contributed by atoms with E-state index >= 15 is 0 Å². The largest absolute Gasteiger partial charge is 0.388 e. The molecule has 11 nitrogen and oxygen atoms in total. The maximum Gasteiger partial charge on any atom is 0.351 e. The van der Waals surface area contributed by atoms with E-state index in [4.69, 9.17) is 19.3 Å². The molecule has 0 saturated carbocycles. The molecular weight excluding hydrogens is 309 g/mol. The van der Waals surface area contributed by atoms with Gasteiger partial charge in [0.15, 0.2) is 12.5 Å². The predicted octanol–water partition coefficient (Wildman–Crippen LogP) is -2.26. The van der Waals surface area contributed by atoms with Gasteiger partial charge < -0.3 is 34.8 Å². The van der Waals surface area contributed by atoms with Crippen LogP contribution in [-0.4, -0.2) is 61.0 Å². The van der Waals surface area contributed by atoms with Gasteiger partial charge in [-0.1, -0.05) is 0 Å². The van der Waals surface area contributed by atoms with Crippen molar-refractivity contribution in [3.8, 4) is 0 Å². The molecule has 1 aliphatic rings. The van der Waals surface area contributed by atoms with E-state index in [1.807, 2.05) is 0 Å². The van der Waals surface area contributed by atoms with Crippen molar-refractivity contribution in [1.82, 2.24) is 9.97 Å². The van der Waals surface area contributed by atoms with E-state index in [1.165, 1.54) is 6.07 Å². The number of rotatable bonds is 5. The lowest BCUT2D eigenvalue weighted by molar-refractivity contribution is -0.220. The number of aliphatic hydroxyl groups excluding tert-OH is 2. The molecule has 1 aliphatic heterocycles. The van der Waals surface area contributed by atoms with Crippen LogP contribution in [0.2, 0.25) is 0 Å². The van der Waals surface area contributed by atoms with Crippen molar-refractivity contribution in [2.75, 3.05) is 18.3 Å². The van der Waals surface area contributed by atoms with Crippen LogP contribution in [0.1, 0.15) is 0 Å². The highest BCUT2D eigenvalue weighted by molar-refractivity contribution is 7.51. The highest BCUT2D eigenvalue weighted by Crippen LogP contribution is 2.38. The van der Waals surface area contributed by atoms with Crippen molar-refractivity contribution in [2.24, 2.45) is 0 Å². The Balaban J connectivity index is 2.24. The fourth-order valence-electron chi connectivity index (χ4n) is 1.72. The molecule has 1 saturated heterocycles. The number of nitrogens with one attached hydrogen (secondary N) is 2. The van der Waals surface area contributed by atoms with Crippen molar-refractivity contribution in [3.63, 3.8) is 0 Å². The zero-order valence-corrected chi connectivity index (χ0v) is 11.4. The van der Waals surface area contributed by atoms with Crippen LogP contribution in [-0.2, 0) is 14.0 Å². The van der Waals surface area contributed by atoms with Crippen LogP contribution in [0.25, 0.3) is 0 Å². The molecule has 2 heterocycles. The summed E-state index contributed by atoms with van der Waals surface area (Å²) in [5.74, 6) is -2.08. The Morgan fingerprint density at radius 2 is 2.29 bits per heavy atom. The van der Waals surface area contributed by atoms with Crippen LogP contribution < -0.4 is 11.0 Å². The Labute approximate surface area is 117 Å². The number of nitrogens with zero attached hydrogens (tertiary/aromatic N) is 1. The molecule has 1 aromatic rings. The first kappa shape index (κ1) is 16.0. The van der Waals surface area contributed by atoms with Gasteiger partial charge in [0.25, 0.3) is 5.91 Å². The average Bonchev–Trinajstić information content (AvgIpc) is 2.65. The smallest absolute Gasteiger partial charge is 0.351 e. The average molecular weight is 323 g/mol. The molecule has 0 bridgehead atoms. The molecule has 1 unspecified atom stereocenters. The molecule has 1 fully saturated rings. The summed E-state index contributed by atoms with van der Waals surface area (Å²) in [6.07, 6.45) is -2.86. The van der Waals surface area contributed by atoms with Gasteiger partial charge in [-0.25, -0.2) is 9.78 Å². The third kappa shape index (κ3) is 3.86. The molecule has 0 amide bonds. The number of anilines is 1. The normalized spacial score (nSPS) is 29.5. The van der Waals surface area contributed by atoms with Gasteiger partial charge in [0.05, 0.1) is 6.61 Å². The third-order valence-electron chi connectivity index (χ3n) is 2.65. The highest BCUT2D eigenvalue weighted by Gasteiger charge is 2.52. The molecule has 118 valence electrons. The quantitative estimate of drug-likeness (QED) is 0.256. The van der Waals surface area contributed by atoms with E-state index in [0.717, 1.165) is 6.20 Å². The van der Waals surface area contributed by atoms with Crippen molar-refractivity contribution >= 4 is 13.4 Å². The number of H-pyrrole nitrogens is 1. The van der Waals surface area contributed by atoms with Gasteiger partial charge in [-0.15, -0.1) is 0 Å². The van der Waals surface area contributed by atoms with Crippen molar-refractivity contribution in [1.29, 1.82) is 0 Å². The lowest BCUT2D eigenvalue weighted by atomic mass is 10.2. The summed E-state index contributed by atoms with van der Waals surface area (Å²) < 4.78 is 20.9. The van der Waals surface area contributed by atoms with E-state index < -0.39 is 37.8 Å². The minimum atomic E-state index is -4.54. The summed E-state index contributed by atoms with van der Waals surface area (Å²) in [5.41, 5.74) is -0.696. The Morgan fingerprint density at radius 1 is 1.57 bits per heavy atom. The van der Waals surface area contributed by atoms with Crippen molar-refractivity contribution in [2.45, 2.75) is 18.1 Å². The molecule has 0 radical (unpaired) electrons. The first-order valence-electron chi connectivity index (χ1n) is 5.74. The van der Waals surface area contributed by atoms with Crippen LogP contribution in [0, 0.1) is 0 Å². The molecule has 3 atom stereocenters. The summed E-state index contributed by atoms with van der Waals surface area (Å²) >= 11 is 0. The van der Waals surface area contributed by atoms with E-state index in [9.17, 15) is 19.6 Å². The first-order chi connectivity index (χ1) is 9.72. The Bertz CT molecular complexity index is 603. The number of aromatic amines is 1. The molecule has 12 heteroatoms. The lowest BCUT2D eigenvalue weighted by Gasteiger charge is -2.32. The van der Waals surface area contributed by atoms with Crippen molar-refractivity contribution < 1.29 is 34.0 Å². The molecule has 0 spiro atoms. The Morgan fingerprint density at radius 3 is 2.81 bits per heavy atom. The van der Waals surface area contributed by atoms with Gasteiger partial charge in [0.2, 0.25) is 0 Å². The summed E-state index contributed by atoms with van der Waals surface area (Å²) in [7, 11) is -4.54. The summed E-state index contributed by atoms with van der Waals surface area (Å²) in [6.45, 7) is -0.329. The lowest BCUT2D eigenvalue weighted by Crippen LogP contribution is -2.52. The predicted molar refractivity (Wildman–Crippen MR) is 67.2 cm³/mol. The zero-order chi connectivity index (χ0) is 15.7. The molecule has 6 N–H and O–H groups in total. The second kappa shape index (κ2) is 5.81. The van der Waals surface area contributed by atoms with Crippen LogP contribution in [0.15, 0.2) is 17.1 Å². The minimum Gasteiger partial charge on any atom is -0.388 e. The number of aliphatic hydroxyl groups is 2. The molecule has 21 heavy (non-hydrogen) atoms. The van der Waals surface area contributed by atoms with Gasteiger partial charge in [0, 0.05) is 6.20 Å². The van der Waals surface area contributed by atoms with E-state index in [-0.39, 0.29) is 12.4 Å². The van der Waals surface area contributed by atoms with Gasteiger partial charge in [-0.05, 0) is 6.07 Å². The van der Waals surface area contributed by atoms with E-state index in [0.29, 0.717) is 0 Å². The summed E-state index contributed by atoms with van der Waals surface area (Å²) in [5, 5.41) is 21.9. The molecular formula is C9H14N3O8P. The number of ether oxygens (including phenoxy) is 2. The third-order valence-corrected chi connectivity index (χ3v) is 3.12. The van der Waals surface area contributed by atoms with Gasteiger partial charge >= 0.3 is 13.3 Å². The van der Waals surface area contributed by atoms with Gasteiger partial charge in [0.1, 0.15) is 11.9 Å². The SMILES string of the molecule is O=c1nccc(NC2(OCP(=O)(O)O)OC[C@@H](O)[C@H]2O)[nH]1. The second-order valence-electron chi connectivity index (χ2n) is 4.34. The second-order valence-corrected chi connectivity index (χ2v) is 5.93. The minimum absolute atomic E-state index is 0.0221. The molecule has 0 aliphatic carbocycles. The van der Waals surface area contributed by atoms with E-state index in [2.05, 4.69) is 15.3 Å². The Hall–Kier alpha value is -1.33. The van der Waals surface area contributed by atoms with Crippen LogP contribution in [0.5, 0.6) is 0 Å².